The van der Waals surface area contributed by atoms with Crippen LogP contribution in [0.2, 0.25) is 5.02 Å². The highest BCUT2D eigenvalue weighted by molar-refractivity contribution is 8.00. The summed E-state index contributed by atoms with van der Waals surface area (Å²) in [5.41, 5.74) is 0.925. The smallest absolute Gasteiger partial charge is 0.319 e. The fraction of sp³-hybridized carbons (Fsp3) is 0.300. The second-order valence-corrected chi connectivity index (χ2v) is 7.71. The third-order valence-electron chi connectivity index (χ3n) is 3.75. The Hall–Kier alpha value is -2.18. The molecule has 0 fully saturated rings. The van der Waals surface area contributed by atoms with Crippen molar-refractivity contribution in [3.63, 3.8) is 0 Å². The molecule has 0 aliphatic heterocycles. The van der Waals surface area contributed by atoms with Gasteiger partial charge in [0.15, 0.2) is 6.10 Å². The van der Waals surface area contributed by atoms with Gasteiger partial charge in [0, 0.05) is 16.5 Å². The Bertz CT molecular complexity index is 765. The van der Waals surface area contributed by atoms with Crippen LogP contribution in [0.15, 0.2) is 53.4 Å². The van der Waals surface area contributed by atoms with Gasteiger partial charge in [0.05, 0.1) is 7.11 Å². The van der Waals surface area contributed by atoms with E-state index in [0.717, 1.165) is 16.2 Å². The van der Waals surface area contributed by atoms with Crippen molar-refractivity contribution in [3.05, 3.63) is 59.1 Å². The Morgan fingerprint density at radius 3 is 2.30 bits per heavy atom. The zero-order valence-electron chi connectivity index (χ0n) is 15.4. The van der Waals surface area contributed by atoms with Crippen LogP contribution in [-0.2, 0) is 20.9 Å². The van der Waals surface area contributed by atoms with Crippen LogP contribution >= 0.6 is 23.4 Å². The number of ether oxygens (including phenoxy) is 2. The minimum absolute atomic E-state index is 0.345. The number of carbonyl (C=O) groups excluding carboxylic acids is 2. The number of rotatable bonds is 8. The van der Waals surface area contributed by atoms with Crippen molar-refractivity contribution in [2.75, 3.05) is 7.11 Å². The first-order valence-corrected chi connectivity index (χ1v) is 9.68. The number of halogens is 1. The predicted octanol–water partition coefficient (Wildman–Crippen LogP) is 4.08. The zero-order valence-corrected chi connectivity index (χ0v) is 17.0. The van der Waals surface area contributed by atoms with E-state index in [1.165, 1.54) is 11.8 Å². The van der Waals surface area contributed by atoms with E-state index < -0.39 is 17.3 Å². The summed E-state index contributed by atoms with van der Waals surface area (Å²) < 4.78 is 10.4. The number of nitrogens with one attached hydrogen (secondary N) is 1. The maximum absolute atomic E-state index is 12.2. The largest absolute Gasteiger partial charge is 0.497 e. The van der Waals surface area contributed by atoms with E-state index >= 15 is 0 Å². The molecule has 0 aromatic heterocycles. The second kappa shape index (κ2) is 10.2. The Kier molecular flexibility index (Phi) is 8.00. The van der Waals surface area contributed by atoms with Crippen LogP contribution in [-0.4, -0.2) is 30.3 Å². The van der Waals surface area contributed by atoms with E-state index in [2.05, 4.69) is 5.32 Å². The first-order valence-electron chi connectivity index (χ1n) is 8.42. The Morgan fingerprint density at radius 1 is 1.07 bits per heavy atom. The molecule has 0 aliphatic carbocycles. The number of methoxy groups -OCH3 is 1. The van der Waals surface area contributed by atoms with E-state index in [4.69, 9.17) is 21.1 Å². The van der Waals surface area contributed by atoms with Crippen LogP contribution in [0.25, 0.3) is 0 Å². The zero-order chi connectivity index (χ0) is 19.8. The van der Waals surface area contributed by atoms with Gasteiger partial charge in [-0.05, 0) is 55.8 Å². The van der Waals surface area contributed by atoms with Crippen molar-refractivity contribution in [2.45, 2.75) is 36.6 Å². The van der Waals surface area contributed by atoms with E-state index in [-0.39, 0.29) is 5.91 Å². The molecule has 0 aliphatic rings. The van der Waals surface area contributed by atoms with E-state index in [0.29, 0.717) is 11.6 Å². The van der Waals surface area contributed by atoms with Gasteiger partial charge in [0.2, 0.25) is 0 Å². The molecule has 144 valence electrons. The molecule has 1 N–H and O–H groups in total. The lowest BCUT2D eigenvalue weighted by atomic mass is 10.2. The van der Waals surface area contributed by atoms with Crippen LogP contribution in [0.5, 0.6) is 5.75 Å². The van der Waals surface area contributed by atoms with Gasteiger partial charge in [-0.1, -0.05) is 23.7 Å². The minimum Gasteiger partial charge on any atom is -0.497 e. The van der Waals surface area contributed by atoms with E-state index in [1.807, 2.05) is 36.4 Å². The summed E-state index contributed by atoms with van der Waals surface area (Å²) in [6, 6.07) is 14.6. The molecule has 0 saturated heterocycles. The van der Waals surface area contributed by atoms with Gasteiger partial charge in [-0.3, -0.25) is 9.59 Å². The fourth-order valence-corrected chi connectivity index (χ4v) is 3.14. The second-order valence-electron chi connectivity index (χ2n) is 5.86. The maximum Gasteiger partial charge on any atom is 0.319 e. The number of thioether (sulfide) groups is 1. The monoisotopic (exact) mass is 407 g/mol. The normalized spacial score (nSPS) is 12.7. The molecule has 7 heteroatoms. The van der Waals surface area contributed by atoms with Crippen molar-refractivity contribution in [3.8, 4) is 5.75 Å². The average Bonchev–Trinajstić information content (AvgIpc) is 2.68. The van der Waals surface area contributed by atoms with Crippen LogP contribution in [0.3, 0.4) is 0 Å². The molecule has 2 aromatic rings. The summed E-state index contributed by atoms with van der Waals surface area (Å²) >= 11 is 7.20. The molecule has 27 heavy (non-hydrogen) atoms. The molecule has 1 amide bonds. The summed E-state index contributed by atoms with van der Waals surface area (Å²) in [7, 11) is 1.60. The molecular weight excluding hydrogens is 386 g/mol. The Balaban J connectivity index is 1.79. The van der Waals surface area contributed by atoms with Crippen LogP contribution in [0.4, 0.5) is 0 Å². The molecule has 2 aromatic carbocycles. The standard InChI is InChI=1S/C20H22ClNO4S/c1-13(19(23)22-12-15-4-8-17(25-3)9-5-15)26-20(24)14(2)27-18-10-6-16(21)7-11-18/h4-11,13-14H,12H2,1-3H3,(H,22,23)/t13-,14+/m1/s1. The summed E-state index contributed by atoms with van der Waals surface area (Å²) in [6.07, 6.45) is -0.871. The third kappa shape index (κ3) is 6.81. The topological polar surface area (TPSA) is 64.6 Å². The van der Waals surface area contributed by atoms with Crippen molar-refractivity contribution in [2.24, 2.45) is 0 Å². The lowest BCUT2D eigenvalue weighted by molar-refractivity contribution is -0.154. The van der Waals surface area contributed by atoms with Crippen molar-refractivity contribution in [1.82, 2.24) is 5.32 Å². The Morgan fingerprint density at radius 2 is 1.70 bits per heavy atom. The lowest BCUT2D eigenvalue weighted by Crippen LogP contribution is -2.36. The molecule has 0 radical (unpaired) electrons. The third-order valence-corrected chi connectivity index (χ3v) is 5.09. The highest BCUT2D eigenvalue weighted by Gasteiger charge is 2.22. The maximum atomic E-state index is 12.2. The van der Waals surface area contributed by atoms with E-state index in [9.17, 15) is 9.59 Å². The minimum atomic E-state index is -0.871. The van der Waals surface area contributed by atoms with Crippen LogP contribution in [0, 0.1) is 0 Å². The van der Waals surface area contributed by atoms with Gasteiger partial charge >= 0.3 is 5.97 Å². The number of benzene rings is 2. The average molecular weight is 408 g/mol. The quantitative estimate of drug-likeness (QED) is 0.527. The van der Waals surface area contributed by atoms with Gasteiger partial charge in [0.25, 0.3) is 5.91 Å². The highest BCUT2D eigenvalue weighted by Crippen LogP contribution is 2.25. The lowest BCUT2D eigenvalue weighted by Gasteiger charge is -2.16. The van der Waals surface area contributed by atoms with Crippen molar-refractivity contribution in [1.29, 1.82) is 0 Å². The summed E-state index contributed by atoms with van der Waals surface area (Å²) in [5.74, 6) is -0.0375. The predicted molar refractivity (Wildman–Crippen MR) is 107 cm³/mol. The molecule has 0 saturated carbocycles. The first kappa shape index (κ1) is 21.1. The first-order chi connectivity index (χ1) is 12.9. The molecule has 2 rings (SSSR count). The van der Waals surface area contributed by atoms with Crippen LogP contribution < -0.4 is 10.1 Å². The summed E-state index contributed by atoms with van der Waals surface area (Å²) in [4.78, 5) is 25.3. The SMILES string of the molecule is COc1ccc(CNC(=O)[C@@H](C)OC(=O)[C@H](C)Sc2ccc(Cl)cc2)cc1. The molecule has 2 atom stereocenters. The van der Waals surface area contributed by atoms with Gasteiger partial charge in [-0.2, -0.15) is 0 Å². The van der Waals surface area contributed by atoms with Crippen molar-refractivity contribution >= 4 is 35.2 Å². The molecule has 0 spiro atoms. The van der Waals surface area contributed by atoms with Gasteiger partial charge < -0.3 is 14.8 Å². The van der Waals surface area contributed by atoms with Gasteiger partial charge in [-0.25, -0.2) is 0 Å². The number of hydrogen-bond acceptors (Lipinski definition) is 5. The van der Waals surface area contributed by atoms with E-state index in [1.54, 1.807) is 33.1 Å². The fourth-order valence-electron chi connectivity index (χ4n) is 2.17. The molecule has 0 unspecified atom stereocenters. The molecular formula is C20H22ClNO4S. The highest BCUT2D eigenvalue weighted by atomic mass is 35.5. The molecule has 0 heterocycles. The van der Waals surface area contributed by atoms with Crippen molar-refractivity contribution < 1.29 is 19.1 Å². The number of amides is 1. The number of esters is 1. The number of hydrogen-bond donors (Lipinski definition) is 1. The van der Waals surface area contributed by atoms with Gasteiger partial charge in [-0.15, -0.1) is 11.8 Å². The summed E-state index contributed by atoms with van der Waals surface area (Å²) in [6.45, 7) is 3.64. The number of carbonyl (C=O) groups is 2. The molecule has 0 bridgehead atoms. The molecule has 5 nitrogen and oxygen atoms in total. The Labute approximate surface area is 168 Å². The summed E-state index contributed by atoms with van der Waals surface area (Å²) in [5, 5.41) is 2.95. The van der Waals surface area contributed by atoms with Gasteiger partial charge in [0.1, 0.15) is 11.0 Å². The van der Waals surface area contributed by atoms with Crippen LogP contribution in [0.1, 0.15) is 19.4 Å².